The standard InChI is InChI=1S/C17H28N4O3S.ClH/c1-17(2)12-21(9-8-15(17)18)11-16(22)19-13-6-5-7-14(10-13)25(23,24)20(3)4;/h5-7,10,15H,8-9,11-12,18H2,1-4H3,(H,19,22);1H. The number of halogens is 1. The molecule has 1 aliphatic heterocycles. The van der Waals surface area contributed by atoms with Crippen molar-refractivity contribution in [2.24, 2.45) is 11.1 Å². The van der Waals surface area contributed by atoms with E-state index < -0.39 is 10.0 Å². The molecule has 1 aromatic rings. The topological polar surface area (TPSA) is 95.7 Å². The Labute approximate surface area is 162 Å². The van der Waals surface area contributed by atoms with Crippen LogP contribution in [0.5, 0.6) is 0 Å². The third-order valence-corrected chi connectivity index (χ3v) is 6.47. The second kappa shape index (κ2) is 8.67. The van der Waals surface area contributed by atoms with E-state index in [-0.39, 0.29) is 41.2 Å². The lowest BCUT2D eigenvalue weighted by Crippen LogP contribution is -2.53. The van der Waals surface area contributed by atoms with Crippen molar-refractivity contribution in [3.8, 4) is 0 Å². The average molecular weight is 405 g/mol. The lowest BCUT2D eigenvalue weighted by molar-refractivity contribution is -0.118. The summed E-state index contributed by atoms with van der Waals surface area (Å²) in [4.78, 5) is 14.6. The van der Waals surface area contributed by atoms with E-state index in [0.717, 1.165) is 23.8 Å². The molecule has 7 nitrogen and oxygen atoms in total. The van der Waals surface area contributed by atoms with Crippen molar-refractivity contribution in [3.05, 3.63) is 24.3 Å². The summed E-state index contributed by atoms with van der Waals surface area (Å²) in [6.45, 7) is 6.03. The third-order valence-electron chi connectivity index (χ3n) is 4.65. The molecule has 9 heteroatoms. The molecule has 1 heterocycles. The molecule has 0 aromatic heterocycles. The third kappa shape index (κ3) is 5.40. The van der Waals surface area contributed by atoms with Crippen LogP contribution in [0.15, 0.2) is 29.2 Å². The van der Waals surface area contributed by atoms with Crippen molar-refractivity contribution < 1.29 is 13.2 Å². The maximum atomic E-state index is 12.3. The SMILES string of the molecule is CN(C)S(=O)(=O)c1cccc(NC(=O)CN2CCC(N)C(C)(C)C2)c1.Cl. The highest BCUT2D eigenvalue weighted by Crippen LogP contribution is 2.27. The maximum Gasteiger partial charge on any atom is 0.242 e. The molecule has 148 valence electrons. The molecule has 1 unspecified atom stereocenters. The van der Waals surface area contributed by atoms with Gasteiger partial charge in [0, 0.05) is 38.9 Å². The first-order valence-electron chi connectivity index (χ1n) is 8.33. The van der Waals surface area contributed by atoms with Gasteiger partial charge >= 0.3 is 0 Å². The van der Waals surface area contributed by atoms with Gasteiger partial charge in [-0.25, -0.2) is 12.7 Å². The minimum Gasteiger partial charge on any atom is -0.327 e. The Bertz CT molecular complexity index is 737. The fourth-order valence-corrected chi connectivity index (χ4v) is 3.92. The van der Waals surface area contributed by atoms with Gasteiger partial charge in [0.15, 0.2) is 0 Å². The number of carbonyl (C=O) groups excluding carboxylic acids is 1. The minimum absolute atomic E-state index is 0. The summed E-state index contributed by atoms with van der Waals surface area (Å²) < 4.78 is 25.5. The van der Waals surface area contributed by atoms with E-state index in [1.165, 1.54) is 26.2 Å². The van der Waals surface area contributed by atoms with Gasteiger partial charge in [-0.05, 0) is 30.0 Å². The molecule has 26 heavy (non-hydrogen) atoms. The highest BCUT2D eigenvalue weighted by molar-refractivity contribution is 7.89. The molecule has 1 amide bonds. The zero-order valence-corrected chi connectivity index (χ0v) is 17.4. The van der Waals surface area contributed by atoms with Gasteiger partial charge in [-0.2, -0.15) is 0 Å². The number of nitrogens with zero attached hydrogens (tertiary/aromatic N) is 2. The van der Waals surface area contributed by atoms with Crippen molar-refractivity contribution >= 4 is 34.0 Å². The fourth-order valence-electron chi connectivity index (χ4n) is 2.97. The Balaban J connectivity index is 0.00000338. The molecule has 1 fully saturated rings. The Morgan fingerprint density at radius 2 is 2.04 bits per heavy atom. The van der Waals surface area contributed by atoms with E-state index in [0.29, 0.717) is 5.69 Å². The van der Waals surface area contributed by atoms with Crippen LogP contribution in [0.3, 0.4) is 0 Å². The Morgan fingerprint density at radius 1 is 1.38 bits per heavy atom. The number of benzene rings is 1. The van der Waals surface area contributed by atoms with Crippen LogP contribution < -0.4 is 11.1 Å². The molecular weight excluding hydrogens is 376 g/mol. The summed E-state index contributed by atoms with van der Waals surface area (Å²) in [5.74, 6) is -0.161. The largest absolute Gasteiger partial charge is 0.327 e. The van der Waals surface area contributed by atoms with E-state index in [9.17, 15) is 13.2 Å². The summed E-state index contributed by atoms with van der Waals surface area (Å²) in [5.41, 5.74) is 6.57. The van der Waals surface area contributed by atoms with E-state index in [4.69, 9.17) is 5.73 Å². The van der Waals surface area contributed by atoms with Crippen molar-refractivity contribution in [1.82, 2.24) is 9.21 Å². The van der Waals surface area contributed by atoms with Crippen LogP contribution in [0.1, 0.15) is 20.3 Å². The van der Waals surface area contributed by atoms with Crippen LogP contribution in [0.2, 0.25) is 0 Å². The lowest BCUT2D eigenvalue weighted by Gasteiger charge is -2.42. The monoisotopic (exact) mass is 404 g/mol. The van der Waals surface area contributed by atoms with Gasteiger partial charge in [-0.1, -0.05) is 19.9 Å². The van der Waals surface area contributed by atoms with Gasteiger partial charge in [-0.3, -0.25) is 9.69 Å². The second-order valence-electron chi connectivity index (χ2n) is 7.46. The van der Waals surface area contributed by atoms with Gasteiger partial charge in [0.1, 0.15) is 0 Å². The summed E-state index contributed by atoms with van der Waals surface area (Å²) in [7, 11) is -0.575. The molecule has 1 aliphatic rings. The second-order valence-corrected chi connectivity index (χ2v) is 9.61. The highest BCUT2D eigenvalue weighted by atomic mass is 35.5. The summed E-state index contributed by atoms with van der Waals surface area (Å²) in [6, 6.07) is 6.43. The molecule has 1 aromatic carbocycles. The molecular formula is C17H29ClN4O3S. The zero-order valence-electron chi connectivity index (χ0n) is 15.7. The highest BCUT2D eigenvalue weighted by Gasteiger charge is 2.33. The van der Waals surface area contributed by atoms with Gasteiger partial charge in [0.25, 0.3) is 0 Å². The smallest absolute Gasteiger partial charge is 0.242 e. The molecule has 3 N–H and O–H groups in total. The molecule has 0 aliphatic carbocycles. The van der Waals surface area contributed by atoms with Crippen LogP contribution in [0, 0.1) is 5.41 Å². The van der Waals surface area contributed by atoms with Gasteiger partial charge in [0.05, 0.1) is 11.4 Å². The van der Waals surface area contributed by atoms with E-state index in [2.05, 4.69) is 24.1 Å². The van der Waals surface area contributed by atoms with Crippen LogP contribution in [0.25, 0.3) is 0 Å². The molecule has 2 rings (SSSR count). The number of amides is 1. The Morgan fingerprint density at radius 3 is 2.62 bits per heavy atom. The van der Waals surface area contributed by atoms with Gasteiger partial charge < -0.3 is 11.1 Å². The average Bonchev–Trinajstić information content (AvgIpc) is 2.50. The minimum atomic E-state index is -3.53. The van der Waals surface area contributed by atoms with Gasteiger partial charge in [-0.15, -0.1) is 12.4 Å². The zero-order chi connectivity index (χ0) is 18.8. The summed E-state index contributed by atoms with van der Waals surface area (Å²) >= 11 is 0. The number of sulfonamides is 1. The number of carbonyl (C=O) groups is 1. The first kappa shape index (κ1) is 22.9. The van der Waals surface area contributed by atoms with Crippen LogP contribution in [-0.2, 0) is 14.8 Å². The van der Waals surface area contributed by atoms with Gasteiger partial charge in [0.2, 0.25) is 15.9 Å². The normalized spacial score (nSPS) is 20.5. The van der Waals surface area contributed by atoms with E-state index >= 15 is 0 Å². The number of hydrogen-bond acceptors (Lipinski definition) is 5. The predicted octanol–water partition coefficient (Wildman–Crippen LogP) is 1.36. The molecule has 0 bridgehead atoms. The molecule has 0 saturated carbocycles. The fraction of sp³-hybridized carbons (Fsp3) is 0.588. The van der Waals surface area contributed by atoms with E-state index in [1.54, 1.807) is 12.1 Å². The number of nitrogens with one attached hydrogen (secondary N) is 1. The van der Waals surface area contributed by atoms with Crippen molar-refractivity contribution in [1.29, 1.82) is 0 Å². The number of likely N-dealkylation sites (tertiary alicyclic amines) is 1. The molecule has 0 spiro atoms. The van der Waals surface area contributed by atoms with Crippen molar-refractivity contribution in [3.63, 3.8) is 0 Å². The number of hydrogen-bond donors (Lipinski definition) is 2. The number of piperidine rings is 1. The van der Waals surface area contributed by atoms with E-state index in [1.807, 2.05) is 0 Å². The Kier molecular flexibility index (Phi) is 7.62. The maximum absolute atomic E-state index is 12.3. The van der Waals surface area contributed by atoms with Crippen molar-refractivity contribution in [2.75, 3.05) is 39.0 Å². The molecule has 0 radical (unpaired) electrons. The first-order valence-corrected chi connectivity index (χ1v) is 9.77. The van der Waals surface area contributed by atoms with Crippen LogP contribution in [-0.4, -0.2) is 63.3 Å². The lowest BCUT2D eigenvalue weighted by atomic mass is 9.80. The Hall–Kier alpha value is -1.19. The molecule has 1 atom stereocenters. The van der Waals surface area contributed by atoms with Crippen LogP contribution >= 0.6 is 12.4 Å². The number of anilines is 1. The quantitative estimate of drug-likeness (QED) is 0.772. The first-order chi connectivity index (χ1) is 11.5. The van der Waals surface area contributed by atoms with Crippen LogP contribution in [0.4, 0.5) is 5.69 Å². The summed E-state index contributed by atoms with van der Waals surface area (Å²) in [6.07, 6.45) is 0.858. The number of nitrogens with two attached hydrogens (primary N) is 1. The predicted molar refractivity (Wildman–Crippen MR) is 106 cm³/mol. The number of rotatable bonds is 5. The molecule has 1 saturated heterocycles. The van der Waals surface area contributed by atoms with Crippen molar-refractivity contribution in [2.45, 2.75) is 31.2 Å². The summed E-state index contributed by atoms with van der Waals surface area (Å²) in [5, 5.41) is 2.78.